The van der Waals surface area contributed by atoms with Gasteiger partial charge in [-0.25, -0.2) is 8.42 Å². The minimum absolute atomic E-state index is 0.00267. The largest absolute Gasteiger partial charge is 0.379 e. The van der Waals surface area contributed by atoms with E-state index in [0.29, 0.717) is 50.3 Å². The fourth-order valence-electron chi connectivity index (χ4n) is 4.40. The number of hydrogen-bond acceptors (Lipinski definition) is 6. The number of ether oxygens (including phenoxy) is 1. The van der Waals surface area contributed by atoms with Gasteiger partial charge in [0.25, 0.3) is 5.69 Å². The number of benzene rings is 2. The summed E-state index contributed by atoms with van der Waals surface area (Å²) in [6.07, 6.45) is 2.31. The smallest absolute Gasteiger partial charge is 0.270 e. The molecule has 0 saturated carbocycles. The van der Waals surface area contributed by atoms with E-state index < -0.39 is 14.9 Å². The van der Waals surface area contributed by atoms with Gasteiger partial charge in [-0.2, -0.15) is 4.31 Å². The van der Waals surface area contributed by atoms with Crippen molar-refractivity contribution < 1.29 is 22.9 Å². The lowest BCUT2D eigenvalue weighted by Gasteiger charge is -2.26. The van der Waals surface area contributed by atoms with Gasteiger partial charge in [0.1, 0.15) is 6.54 Å². The molecule has 5 rings (SSSR count). The summed E-state index contributed by atoms with van der Waals surface area (Å²) < 4.78 is 34.3. The Morgan fingerprint density at radius 2 is 1.85 bits per heavy atom. The average Bonchev–Trinajstić information content (AvgIpc) is 3.43. The molecule has 3 aromatic rings. The number of carbonyl (C=O) groups excluding carboxylic acids is 1. The molecule has 172 valence electrons. The van der Waals surface area contributed by atoms with Gasteiger partial charge in [0.15, 0.2) is 0 Å². The molecule has 1 fully saturated rings. The molecule has 11 heteroatoms. The molecular weight excluding hydrogens is 448 g/mol. The molecule has 2 aliphatic rings. The van der Waals surface area contributed by atoms with Crippen LogP contribution in [-0.2, 0) is 32.5 Å². The molecule has 1 saturated heterocycles. The summed E-state index contributed by atoms with van der Waals surface area (Å²) in [5.41, 5.74) is 2.28. The zero-order chi connectivity index (χ0) is 23.2. The van der Waals surface area contributed by atoms with Crippen molar-refractivity contribution in [2.75, 3.05) is 37.7 Å². The fourth-order valence-corrected chi connectivity index (χ4v) is 5.86. The van der Waals surface area contributed by atoms with Crippen molar-refractivity contribution in [3.63, 3.8) is 0 Å². The summed E-state index contributed by atoms with van der Waals surface area (Å²) in [4.78, 5) is 25.5. The maximum atomic E-state index is 13.1. The SMILES string of the molecule is O=C(Cn1ccc2cc([N+](=O)[O-])ccc21)N1CCc2cc(S(=O)(=O)N3CCOCC3)ccc21. The number of morpholine rings is 1. The summed E-state index contributed by atoms with van der Waals surface area (Å²) >= 11 is 0. The first-order valence-electron chi connectivity index (χ1n) is 10.6. The molecule has 0 atom stereocenters. The van der Waals surface area contributed by atoms with Crippen LogP contribution >= 0.6 is 0 Å². The van der Waals surface area contributed by atoms with Gasteiger partial charge in [-0.1, -0.05) is 0 Å². The molecule has 33 heavy (non-hydrogen) atoms. The summed E-state index contributed by atoms with van der Waals surface area (Å²) in [6.45, 7) is 1.98. The molecule has 0 unspecified atom stereocenters. The van der Waals surface area contributed by atoms with Gasteiger partial charge < -0.3 is 14.2 Å². The van der Waals surface area contributed by atoms with E-state index in [0.717, 1.165) is 11.1 Å². The predicted molar refractivity (Wildman–Crippen MR) is 121 cm³/mol. The second kappa shape index (κ2) is 8.25. The highest BCUT2D eigenvalue weighted by atomic mass is 32.2. The van der Waals surface area contributed by atoms with Crippen LogP contribution in [0.2, 0.25) is 0 Å². The fraction of sp³-hybridized carbons (Fsp3) is 0.318. The predicted octanol–water partition coefficient (Wildman–Crippen LogP) is 2.16. The number of anilines is 1. The molecule has 3 heterocycles. The molecule has 0 N–H and O–H groups in total. The molecule has 0 radical (unpaired) electrons. The van der Waals surface area contributed by atoms with Crippen LogP contribution in [0.5, 0.6) is 0 Å². The monoisotopic (exact) mass is 470 g/mol. The van der Waals surface area contributed by atoms with Gasteiger partial charge in [-0.05, 0) is 42.3 Å². The van der Waals surface area contributed by atoms with Crippen LogP contribution in [0, 0.1) is 10.1 Å². The Morgan fingerprint density at radius 3 is 2.61 bits per heavy atom. The van der Waals surface area contributed by atoms with E-state index in [9.17, 15) is 23.3 Å². The van der Waals surface area contributed by atoms with Gasteiger partial charge in [-0.3, -0.25) is 14.9 Å². The van der Waals surface area contributed by atoms with Crippen molar-refractivity contribution in [2.45, 2.75) is 17.9 Å². The van der Waals surface area contributed by atoms with Crippen LogP contribution in [0.4, 0.5) is 11.4 Å². The van der Waals surface area contributed by atoms with Crippen LogP contribution in [0.25, 0.3) is 10.9 Å². The number of rotatable bonds is 5. The normalized spacial score (nSPS) is 16.8. The van der Waals surface area contributed by atoms with Crippen LogP contribution in [0.3, 0.4) is 0 Å². The third-order valence-electron chi connectivity index (χ3n) is 6.13. The van der Waals surface area contributed by atoms with E-state index in [1.54, 1.807) is 46.0 Å². The Morgan fingerprint density at radius 1 is 1.06 bits per heavy atom. The summed E-state index contributed by atoms with van der Waals surface area (Å²) in [5, 5.41) is 11.7. The minimum Gasteiger partial charge on any atom is -0.379 e. The maximum Gasteiger partial charge on any atom is 0.270 e. The number of carbonyl (C=O) groups is 1. The van der Waals surface area contributed by atoms with Gasteiger partial charge >= 0.3 is 0 Å². The first-order chi connectivity index (χ1) is 15.8. The first-order valence-corrected chi connectivity index (χ1v) is 12.0. The van der Waals surface area contributed by atoms with Crippen LogP contribution < -0.4 is 4.90 Å². The highest BCUT2D eigenvalue weighted by Gasteiger charge is 2.30. The van der Waals surface area contributed by atoms with Crippen molar-refractivity contribution in [3.8, 4) is 0 Å². The summed E-state index contributed by atoms with van der Waals surface area (Å²) in [5.74, 6) is -0.131. The molecule has 0 spiro atoms. The number of fused-ring (bicyclic) bond motifs is 2. The Kier molecular flexibility index (Phi) is 5.39. The summed E-state index contributed by atoms with van der Waals surface area (Å²) in [7, 11) is -3.60. The number of non-ortho nitro benzene ring substituents is 1. The highest BCUT2D eigenvalue weighted by molar-refractivity contribution is 7.89. The number of aromatic nitrogens is 1. The lowest BCUT2D eigenvalue weighted by molar-refractivity contribution is -0.384. The van der Waals surface area contributed by atoms with Crippen molar-refractivity contribution >= 4 is 38.2 Å². The van der Waals surface area contributed by atoms with Crippen LogP contribution in [-0.4, -0.2) is 61.0 Å². The topological polar surface area (TPSA) is 115 Å². The first kappa shape index (κ1) is 21.6. The Balaban J connectivity index is 1.36. The molecular formula is C22H22N4O6S. The third kappa shape index (κ3) is 3.88. The van der Waals surface area contributed by atoms with E-state index in [-0.39, 0.29) is 23.0 Å². The standard InChI is InChI=1S/C22H22N4O6S/c27-22(15-23-7-5-16-13-18(26(28)29)1-3-20(16)23)25-8-6-17-14-19(2-4-21(17)25)33(30,31)24-9-11-32-12-10-24/h1-5,7,13-14H,6,8-12,15H2. The second-order valence-electron chi connectivity index (χ2n) is 8.05. The van der Waals surface area contributed by atoms with Crippen LogP contribution in [0.15, 0.2) is 53.6 Å². The van der Waals surface area contributed by atoms with Gasteiger partial charge in [-0.15, -0.1) is 0 Å². The van der Waals surface area contributed by atoms with Crippen molar-refractivity contribution in [3.05, 3.63) is 64.3 Å². The van der Waals surface area contributed by atoms with Crippen molar-refractivity contribution in [2.24, 2.45) is 0 Å². The van der Waals surface area contributed by atoms with E-state index in [2.05, 4.69) is 0 Å². The van der Waals surface area contributed by atoms with E-state index in [4.69, 9.17) is 4.74 Å². The van der Waals surface area contributed by atoms with Gasteiger partial charge in [0, 0.05) is 54.6 Å². The Bertz CT molecular complexity index is 1360. The summed E-state index contributed by atoms with van der Waals surface area (Å²) in [6, 6.07) is 11.2. The number of amides is 1. The zero-order valence-electron chi connectivity index (χ0n) is 17.7. The quantitative estimate of drug-likeness (QED) is 0.417. The highest BCUT2D eigenvalue weighted by Crippen LogP contribution is 2.32. The molecule has 0 bridgehead atoms. The molecule has 2 aliphatic heterocycles. The molecule has 2 aromatic carbocycles. The van der Waals surface area contributed by atoms with Gasteiger partial charge in [0.2, 0.25) is 15.9 Å². The van der Waals surface area contributed by atoms with Crippen LogP contribution in [0.1, 0.15) is 5.56 Å². The lowest BCUT2D eigenvalue weighted by Crippen LogP contribution is -2.40. The third-order valence-corrected chi connectivity index (χ3v) is 8.02. The Hall–Kier alpha value is -3.28. The number of nitrogens with zero attached hydrogens (tertiary/aromatic N) is 4. The number of nitro groups is 1. The molecule has 1 aromatic heterocycles. The molecule has 1 amide bonds. The van der Waals surface area contributed by atoms with Crippen molar-refractivity contribution in [1.29, 1.82) is 0 Å². The van der Waals surface area contributed by atoms with E-state index >= 15 is 0 Å². The average molecular weight is 471 g/mol. The maximum absolute atomic E-state index is 13.1. The second-order valence-corrected chi connectivity index (χ2v) is 9.98. The van der Waals surface area contributed by atoms with E-state index in [1.807, 2.05) is 0 Å². The number of hydrogen-bond donors (Lipinski definition) is 0. The number of sulfonamides is 1. The Labute approximate surface area is 190 Å². The number of nitro benzene ring substituents is 1. The van der Waals surface area contributed by atoms with E-state index in [1.165, 1.54) is 16.4 Å². The minimum atomic E-state index is -3.60. The zero-order valence-corrected chi connectivity index (χ0v) is 18.5. The molecule has 0 aliphatic carbocycles. The van der Waals surface area contributed by atoms with Crippen molar-refractivity contribution in [1.82, 2.24) is 8.87 Å². The lowest BCUT2D eigenvalue weighted by atomic mass is 10.2. The van der Waals surface area contributed by atoms with Gasteiger partial charge in [0.05, 0.1) is 23.0 Å². The molecule has 10 nitrogen and oxygen atoms in total.